The number of urea groups is 1. The van der Waals surface area contributed by atoms with Crippen LogP contribution >= 0.6 is 0 Å². The van der Waals surface area contributed by atoms with Crippen molar-refractivity contribution < 1.29 is 23.1 Å². The van der Waals surface area contributed by atoms with E-state index in [0.717, 1.165) is 6.07 Å². The molecule has 0 aliphatic heterocycles. The highest BCUT2D eigenvalue weighted by molar-refractivity contribution is 5.96. The molecule has 8 heteroatoms. The summed E-state index contributed by atoms with van der Waals surface area (Å²) in [5.74, 6) is -1.68. The van der Waals surface area contributed by atoms with Gasteiger partial charge in [-0.25, -0.2) is 13.6 Å². The molecular formula is C17H17F2N3O3. The van der Waals surface area contributed by atoms with Crippen molar-refractivity contribution in [1.29, 1.82) is 0 Å². The van der Waals surface area contributed by atoms with E-state index in [-0.39, 0.29) is 18.0 Å². The molecule has 0 heterocycles. The van der Waals surface area contributed by atoms with Gasteiger partial charge in [-0.1, -0.05) is 12.1 Å². The Morgan fingerprint density at radius 1 is 1.20 bits per heavy atom. The molecule has 2 rings (SSSR count). The van der Waals surface area contributed by atoms with Crippen molar-refractivity contribution >= 4 is 17.6 Å². The summed E-state index contributed by atoms with van der Waals surface area (Å²) in [6.45, 7) is 1.44. The average molecular weight is 349 g/mol. The molecule has 0 aromatic heterocycles. The largest absolute Gasteiger partial charge is 0.486 e. The highest BCUT2D eigenvalue weighted by Gasteiger charge is 2.15. The van der Waals surface area contributed by atoms with Crippen LogP contribution in [0, 0.1) is 11.6 Å². The molecule has 2 aromatic rings. The number of hydrogen-bond donors (Lipinski definition) is 3. The van der Waals surface area contributed by atoms with Crippen LogP contribution in [0.2, 0.25) is 0 Å². The van der Waals surface area contributed by atoms with Crippen molar-refractivity contribution in [3.63, 3.8) is 0 Å². The second-order valence-electron chi connectivity index (χ2n) is 5.28. The van der Waals surface area contributed by atoms with Crippen LogP contribution < -0.4 is 21.1 Å². The molecule has 2 aromatic carbocycles. The van der Waals surface area contributed by atoms with E-state index in [0.29, 0.717) is 5.56 Å². The quantitative estimate of drug-likeness (QED) is 0.748. The maximum atomic E-state index is 14.1. The monoisotopic (exact) mass is 349 g/mol. The van der Waals surface area contributed by atoms with Gasteiger partial charge < -0.3 is 21.1 Å². The molecule has 6 nitrogen and oxygen atoms in total. The van der Waals surface area contributed by atoms with E-state index < -0.39 is 29.6 Å². The summed E-state index contributed by atoms with van der Waals surface area (Å²) in [5.41, 5.74) is 5.68. The normalized spacial score (nSPS) is 11.5. The molecule has 3 amide bonds. The summed E-state index contributed by atoms with van der Waals surface area (Å²) in [4.78, 5) is 22.5. The Hall–Kier alpha value is -3.16. The third-order valence-electron chi connectivity index (χ3n) is 3.23. The Bertz CT molecular complexity index is 783. The van der Waals surface area contributed by atoms with Crippen molar-refractivity contribution in [3.05, 3.63) is 59.7 Å². The zero-order valence-electron chi connectivity index (χ0n) is 13.4. The molecule has 4 N–H and O–H groups in total. The number of carbonyl (C=O) groups excluding carboxylic acids is 2. The second-order valence-corrected chi connectivity index (χ2v) is 5.28. The molecule has 132 valence electrons. The van der Waals surface area contributed by atoms with Crippen LogP contribution in [-0.2, 0) is 11.4 Å². The summed E-state index contributed by atoms with van der Waals surface area (Å²) < 4.78 is 32.5. The van der Waals surface area contributed by atoms with Crippen LogP contribution in [0.4, 0.5) is 19.3 Å². The molecule has 0 aliphatic rings. The number of rotatable bonds is 6. The highest BCUT2D eigenvalue weighted by Crippen LogP contribution is 2.22. The van der Waals surface area contributed by atoms with Crippen molar-refractivity contribution in [1.82, 2.24) is 5.32 Å². The van der Waals surface area contributed by atoms with E-state index in [1.165, 1.54) is 37.3 Å². The van der Waals surface area contributed by atoms with Gasteiger partial charge in [0.1, 0.15) is 18.5 Å². The first-order chi connectivity index (χ1) is 11.8. The van der Waals surface area contributed by atoms with Crippen LogP contribution in [0.5, 0.6) is 5.75 Å². The number of nitrogens with two attached hydrogens (primary N) is 1. The molecule has 0 saturated carbocycles. The highest BCUT2D eigenvalue weighted by atomic mass is 19.1. The third kappa shape index (κ3) is 5.45. The molecular weight excluding hydrogens is 332 g/mol. The molecule has 0 saturated heterocycles. The molecule has 0 spiro atoms. The Morgan fingerprint density at radius 3 is 2.60 bits per heavy atom. The lowest BCUT2D eigenvalue weighted by molar-refractivity contribution is -0.117. The smallest absolute Gasteiger partial charge is 0.312 e. The average Bonchev–Trinajstić information content (AvgIpc) is 2.53. The number of nitrogens with one attached hydrogen (secondary N) is 2. The van der Waals surface area contributed by atoms with E-state index in [9.17, 15) is 18.4 Å². The van der Waals surface area contributed by atoms with Crippen molar-refractivity contribution in [2.24, 2.45) is 5.73 Å². The van der Waals surface area contributed by atoms with Crippen LogP contribution in [-0.4, -0.2) is 18.0 Å². The molecule has 0 bridgehead atoms. The minimum Gasteiger partial charge on any atom is -0.486 e. The summed E-state index contributed by atoms with van der Waals surface area (Å²) in [5, 5.41) is 4.65. The molecule has 0 radical (unpaired) electrons. The summed E-state index contributed by atoms with van der Waals surface area (Å²) in [6, 6.07) is 7.94. The van der Waals surface area contributed by atoms with Crippen LogP contribution in [0.15, 0.2) is 42.5 Å². The zero-order valence-corrected chi connectivity index (χ0v) is 13.4. The maximum absolute atomic E-state index is 14.1. The van der Waals surface area contributed by atoms with Crippen LogP contribution in [0.25, 0.3) is 0 Å². The Morgan fingerprint density at radius 2 is 1.96 bits per heavy atom. The van der Waals surface area contributed by atoms with Gasteiger partial charge in [-0.05, 0) is 36.8 Å². The lowest BCUT2D eigenvalue weighted by atomic mass is 10.2. The number of anilines is 1. The Kier molecular flexibility index (Phi) is 5.89. The van der Waals surface area contributed by atoms with Crippen LogP contribution in [0.1, 0.15) is 12.5 Å². The fraction of sp³-hybridized carbons (Fsp3) is 0.176. The molecule has 0 unspecified atom stereocenters. The SMILES string of the molecule is C[C@H](NC(N)=O)C(=O)Nc1ccc(OCc2cccc(F)c2)c(F)c1. The van der Waals surface area contributed by atoms with Crippen LogP contribution in [0.3, 0.4) is 0 Å². The number of halogens is 2. The minimum atomic E-state index is -0.871. The number of ether oxygens (including phenoxy) is 1. The first kappa shape index (κ1) is 18.2. The predicted molar refractivity (Wildman–Crippen MR) is 87.9 cm³/mol. The Labute approximate surface area is 143 Å². The topological polar surface area (TPSA) is 93.5 Å². The van der Waals surface area contributed by atoms with Gasteiger partial charge in [0.2, 0.25) is 5.91 Å². The molecule has 1 atom stereocenters. The van der Waals surface area contributed by atoms with Gasteiger partial charge in [0, 0.05) is 11.8 Å². The van der Waals surface area contributed by atoms with Gasteiger partial charge in [0.05, 0.1) is 0 Å². The lowest BCUT2D eigenvalue weighted by Crippen LogP contribution is -2.44. The summed E-state index contributed by atoms with van der Waals surface area (Å²) in [6.07, 6.45) is 0. The molecule has 0 fully saturated rings. The third-order valence-corrected chi connectivity index (χ3v) is 3.23. The number of benzene rings is 2. The minimum absolute atomic E-state index is 0.0000482. The van der Waals surface area contributed by atoms with E-state index in [1.807, 2.05) is 0 Å². The van der Waals surface area contributed by atoms with E-state index in [4.69, 9.17) is 10.5 Å². The van der Waals surface area contributed by atoms with Gasteiger partial charge in [-0.3, -0.25) is 4.79 Å². The van der Waals surface area contributed by atoms with Gasteiger partial charge >= 0.3 is 6.03 Å². The Balaban J connectivity index is 1.98. The first-order valence-electron chi connectivity index (χ1n) is 7.39. The predicted octanol–water partition coefficient (Wildman–Crippen LogP) is 2.54. The maximum Gasteiger partial charge on any atom is 0.312 e. The second kappa shape index (κ2) is 8.09. The van der Waals surface area contributed by atoms with Gasteiger partial charge in [-0.15, -0.1) is 0 Å². The van der Waals surface area contributed by atoms with Gasteiger partial charge in [0.15, 0.2) is 11.6 Å². The molecule has 0 aliphatic carbocycles. The van der Waals surface area contributed by atoms with Gasteiger partial charge in [0.25, 0.3) is 0 Å². The van der Waals surface area contributed by atoms with Gasteiger partial charge in [-0.2, -0.15) is 0 Å². The fourth-order valence-electron chi connectivity index (χ4n) is 2.01. The standard InChI is InChI=1S/C17H17F2N3O3/c1-10(21-17(20)24)16(23)22-13-5-6-15(14(19)8-13)25-9-11-3-2-4-12(18)7-11/h2-8,10H,9H2,1H3,(H,22,23)(H3,20,21,24)/t10-/m0/s1. The number of hydrogen-bond acceptors (Lipinski definition) is 3. The van der Waals surface area contributed by atoms with Crippen molar-refractivity contribution in [2.75, 3.05) is 5.32 Å². The van der Waals surface area contributed by atoms with Crippen molar-refractivity contribution in [3.8, 4) is 5.75 Å². The lowest BCUT2D eigenvalue weighted by Gasteiger charge is -2.13. The number of amides is 3. The van der Waals surface area contributed by atoms with Crippen molar-refractivity contribution in [2.45, 2.75) is 19.6 Å². The molecule has 25 heavy (non-hydrogen) atoms. The van der Waals surface area contributed by atoms with E-state index in [2.05, 4.69) is 10.6 Å². The number of primary amides is 1. The fourth-order valence-corrected chi connectivity index (χ4v) is 2.01. The summed E-state index contributed by atoms with van der Waals surface area (Å²) in [7, 11) is 0. The zero-order chi connectivity index (χ0) is 18.4. The number of carbonyl (C=O) groups is 2. The van der Waals surface area contributed by atoms with E-state index >= 15 is 0 Å². The first-order valence-corrected chi connectivity index (χ1v) is 7.39. The summed E-state index contributed by atoms with van der Waals surface area (Å²) >= 11 is 0. The van der Waals surface area contributed by atoms with E-state index in [1.54, 1.807) is 6.07 Å².